The Morgan fingerprint density at radius 1 is 1.17 bits per heavy atom. The maximum Gasteiger partial charge on any atom is 0.322 e. The van der Waals surface area contributed by atoms with Crippen molar-refractivity contribution < 1.29 is 4.79 Å². The highest BCUT2D eigenvalue weighted by Crippen LogP contribution is 2.31. The van der Waals surface area contributed by atoms with Crippen molar-refractivity contribution in [2.75, 3.05) is 11.9 Å². The number of carbonyl (C=O) groups excluding carboxylic acids is 1. The van der Waals surface area contributed by atoms with Crippen molar-refractivity contribution in [1.82, 2.24) is 9.47 Å². The fourth-order valence-corrected chi connectivity index (χ4v) is 3.52. The molecule has 2 heterocycles. The standard InChI is InChI=1S/C19H25N3O/c1-5-17-18-9-7-15(4)21(18)10-11-22(17)19(23)20-16-8-6-13(2)12-14(16)3/h6-9,12,17H,5,10-11H2,1-4H3,(H,20,23)/t17-/m1/s1. The van der Waals surface area contributed by atoms with Crippen molar-refractivity contribution in [3.05, 3.63) is 52.8 Å². The molecule has 1 aliphatic rings. The number of anilines is 1. The highest BCUT2D eigenvalue weighted by Gasteiger charge is 2.30. The van der Waals surface area contributed by atoms with Crippen molar-refractivity contribution in [3.63, 3.8) is 0 Å². The molecular formula is C19H25N3O. The van der Waals surface area contributed by atoms with Crippen LogP contribution in [0.15, 0.2) is 30.3 Å². The first-order valence-electron chi connectivity index (χ1n) is 8.32. The number of carbonyl (C=O) groups is 1. The second-order valence-electron chi connectivity index (χ2n) is 6.42. The van der Waals surface area contributed by atoms with Gasteiger partial charge >= 0.3 is 6.03 Å². The van der Waals surface area contributed by atoms with Gasteiger partial charge in [-0.1, -0.05) is 24.6 Å². The molecule has 0 radical (unpaired) electrons. The minimum Gasteiger partial charge on any atom is -0.345 e. The summed E-state index contributed by atoms with van der Waals surface area (Å²) < 4.78 is 2.33. The zero-order valence-electron chi connectivity index (χ0n) is 14.4. The van der Waals surface area contributed by atoms with Gasteiger partial charge in [0.1, 0.15) is 0 Å². The lowest BCUT2D eigenvalue weighted by atomic mass is 10.1. The van der Waals surface area contributed by atoms with Gasteiger partial charge in [0.05, 0.1) is 6.04 Å². The van der Waals surface area contributed by atoms with Crippen LogP contribution in [0.1, 0.15) is 41.9 Å². The number of fused-ring (bicyclic) bond motifs is 1. The monoisotopic (exact) mass is 311 g/mol. The molecular weight excluding hydrogens is 286 g/mol. The molecule has 0 bridgehead atoms. The van der Waals surface area contributed by atoms with Gasteiger partial charge in [0.2, 0.25) is 0 Å². The summed E-state index contributed by atoms with van der Waals surface area (Å²) in [4.78, 5) is 14.8. The van der Waals surface area contributed by atoms with Crippen LogP contribution in [0.5, 0.6) is 0 Å². The van der Waals surface area contributed by atoms with E-state index in [0.717, 1.165) is 30.8 Å². The number of nitrogens with one attached hydrogen (secondary N) is 1. The van der Waals surface area contributed by atoms with Gasteiger partial charge < -0.3 is 14.8 Å². The first-order valence-corrected chi connectivity index (χ1v) is 8.32. The van der Waals surface area contributed by atoms with Crippen LogP contribution < -0.4 is 5.32 Å². The Balaban J connectivity index is 1.82. The average Bonchev–Trinajstić information content (AvgIpc) is 2.90. The van der Waals surface area contributed by atoms with E-state index in [-0.39, 0.29) is 12.1 Å². The number of benzene rings is 1. The Hall–Kier alpha value is -2.23. The van der Waals surface area contributed by atoms with Crippen LogP contribution in [0, 0.1) is 20.8 Å². The lowest BCUT2D eigenvalue weighted by Crippen LogP contribution is -2.44. The number of aryl methyl sites for hydroxylation is 3. The molecule has 2 aromatic rings. The van der Waals surface area contributed by atoms with Gasteiger partial charge in [0.25, 0.3) is 0 Å². The number of hydrogen-bond donors (Lipinski definition) is 1. The van der Waals surface area contributed by atoms with Crippen LogP contribution in [0.3, 0.4) is 0 Å². The van der Waals surface area contributed by atoms with Crippen molar-refractivity contribution in [1.29, 1.82) is 0 Å². The van der Waals surface area contributed by atoms with E-state index in [4.69, 9.17) is 0 Å². The quantitative estimate of drug-likeness (QED) is 0.876. The zero-order valence-corrected chi connectivity index (χ0v) is 14.4. The fraction of sp³-hybridized carbons (Fsp3) is 0.421. The minimum atomic E-state index is -0.00564. The van der Waals surface area contributed by atoms with Crippen molar-refractivity contribution in [2.24, 2.45) is 0 Å². The molecule has 0 fully saturated rings. The number of nitrogens with zero attached hydrogens (tertiary/aromatic N) is 2. The van der Waals surface area contributed by atoms with Crippen molar-refractivity contribution in [3.8, 4) is 0 Å². The summed E-state index contributed by atoms with van der Waals surface area (Å²) in [6.45, 7) is 9.97. The van der Waals surface area contributed by atoms with Gasteiger partial charge in [-0.15, -0.1) is 0 Å². The van der Waals surface area contributed by atoms with E-state index in [2.05, 4.69) is 48.9 Å². The summed E-state index contributed by atoms with van der Waals surface area (Å²) in [5.41, 5.74) is 5.72. The fourth-order valence-electron chi connectivity index (χ4n) is 3.52. The molecule has 1 atom stereocenters. The smallest absolute Gasteiger partial charge is 0.322 e. The van der Waals surface area contributed by atoms with Gasteiger partial charge in [0, 0.05) is 30.2 Å². The molecule has 3 rings (SSSR count). The van der Waals surface area contributed by atoms with Gasteiger partial charge in [-0.2, -0.15) is 0 Å². The first kappa shape index (κ1) is 15.7. The summed E-state index contributed by atoms with van der Waals surface area (Å²) in [6, 6.07) is 10.5. The van der Waals surface area contributed by atoms with E-state index in [9.17, 15) is 4.79 Å². The van der Waals surface area contributed by atoms with Gasteiger partial charge in [0.15, 0.2) is 0 Å². The summed E-state index contributed by atoms with van der Waals surface area (Å²) in [6.07, 6.45) is 0.920. The molecule has 0 spiro atoms. The predicted octanol–water partition coefficient (Wildman–Crippen LogP) is 4.41. The van der Waals surface area contributed by atoms with Crippen LogP contribution in [-0.2, 0) is 6.54 Å². The Kier molecular flexibility index (Phi) is 4.16. The molecule has 1 aromatic carbocycles. The third-order valence-electron chi connectivity index (χ3n) is 4.79. The van der Waals surface area contributed by atoms with E-state index in [1.807, 2.05) is 24.0 Å². The molecule has 1 N–H and O–H groups in total. The number of aromatic nitrogens is 1. The Labute approximate surface area is 138 Å². The van der Waals surface area contributed by atoms with Crippen LogP contribution in [0.4, 0.5) is 10.5 Å². The van der Waals surface area contributed by atoms with E-state index in [0.29, 0.717) is 0 Å². The maximum atomic E-state index is 12.8. The molecule has 122 valence electrons. The molecule has 4 heteroatoms. The zero-order chi connectivity index (χ0) is 16.6. The number of amides is 2. The Morgan fingerprint density at radius 2 is 1.96 bits per heavy atom. The highest BCUT2D eigenvalue weighted by molar-refractivity contribution is 5.90. The maximum absolute atomic E-state index is 12.8. The lowest BCUT2D eigenvalue weighted by Gasteiger charge is -2.37. The SMILES string of the molecule is CC[C@@H]1c2ccc(C)n2CCN1C(=O)Nc1ccc(C)cc1C. The molecule has 0 saturated carbocycles. The third kappa shape index (κ3) is 2.85. The molecule has 1 aliphatic heterocycles. The van der Waals surface area contributed by atoms with Crippen molar-refractivity contribution in [2.45, 2.75) is 46.7 Å². The van der Waals surface area contributed by atoms with Crippen LogP contribution in [0.2, 0.25) is 0 Å². The summed E-state index contributed by atoms with van der Waals surface area (Å²) in [7, 11) is 0. The average molecular weight is 311 g/mol. The van der Waals surface area contributed by atoms with Crippen LogP contribution >= 0.6 is 0 Å². The molecule has 0 aliphatic carbocycles. The molecule has 2 amide bonds. The van der Waals surface area contributed by atoms with E-state index in [1.165, 1.54) is 17.0 Å². The molecule has 0 unspecified atom stereocenters. The third-order valence-corrected chi connectivity index (χ3v) is 4.79. The van der Waals surface area contributed by atoms with Crippen LogP contribution in [-0.4, -0.2) is 22.0 Å². The second-order valence-corrected chi connectivity index (χ2v) is 6.42. The second kappa shape index (κ2) is 6.11. The molecule has 23 heavy (non-hydrogen) atoms. The lowest BCUT2D eigenvalue weighted by molar-refractivity contribution is 0.165. The van der Waals surface area contributed by atoms with Crippen molar-refractivity contribution >= 4 is 11.7 Å². The van der Waals surface area contributed by atoms with Gasteiger partial charge in [-0.3, -0.25) is 0 Å². The summed E-state index contributed by atoms with van der Waals surface area (Å²) >= 11 is 0. The molecule has 1 aromatic heterocycles. The number of hydrogen-bond acceptors (Lipinski definition) is 1. The largest absolute Gasteiger partial charge is 0.345 e. The van der Waals surface area contributed by atoms with Crippen LogP contribution in [0.25, 0.3) is 0 Å². The van der Waals surface area contributed by atoms with E-state index in [1.54, 1.807) is 0 Å². The number of urea groups is 1. The molecule has 0 saturated heterocycles. The Morgan fingerprint density at radius 3 is 2.65 bits per heavy atom. The minimum absolute atomic E-state index is 0.00564. The number of rotatable bonds is 2. The summed E-state index contributed by atoms with van der Waals surface area (Å²) in [5.74, 6) is 0. The Bertz CT molecular complexity index is 732. The summed E-state index contributed by atoms with van der Waals surface area (Å²) in [5, 5.41) is 3.09. The predicted molar refractivity (Wildman–Crippen MR) is 93.8 cm³/mol. The van der Waals surface area contributed by atoms with E-state index >= 15 is 0 Å². The van der Waals surface area contributed by atoms with E-state index < -0.39 is 0 Å². The highest BCUT2D eigenvalue weighted by atomic mass is 16.2. The topological polar surface area (TPSA) is 37.3 Å². The van der Waals surface area contributed by atoms with Gasteiger partial charge in [-0.25, -0.2) is 4.79 Å². The normalized spacial score (nSPS) is 17.0. The van der Waals surface area contributed by atoms with Gasteiger partial charge in [-0.05, 0) is 51.0 Å². The molecule has 4 nitrogen and oxygen atoms in total. The first-order chi connectivity index (χ1) is 11.0.